The number of thiazole rings is 1. The molecule has 0 spiro atoms. The van der Waals surface area contributed by atoms with Crippen molar-refractivity contribution in [1.82, 2.24) is 9.88 Å². The largest absolute Gasteiger partial charge is 0.343 e. The molecule has 1 heterocycles. The Morgan fingerprint density at radius 3 is 2.62 bits per heavy atom. The highest BCUT2D eigenvalue weighted by atomic mass is 32.1. The lowest BCUT2D eigenvalue weighted by Gasteiger charge is -2.07. The molecule has 1 aromatic rings. The summed E-state index contributed by atoms with van der Waals surface area (Å²) < 4.78 is 0. The van der Waals surface area contributed by atoms with Crippen LogP contribution in [0.4, 0.5) is 0 Å². The molecule has 0 atom stereocenters. The molecule has 1 rings (SSSR count). The molecule has 1 amide bonds. The minimum Gasteiger partial charge on any atom is -0.343 e. The smallest absolute Gasteiger partial charge is 0.273 e. The molecule has 0 bridgehead atoms. The van der Waals surface area contributed by atoms with Gasteiger partial charge in [0.15, 0.2) is 5.01 Å². The van der Waals surface area contributed by atoms with Crippen molar-refractivity contribution in [3.8, 4) is 12.3 Å². The lowest BCUT2D eigenvalue weighted by atomic mass is 10.3. The molecule has 0 aliphatic carbocycles. The van der Waals surface area contributed by atoms with Crippen molar-refractivity contribution in [3.05, 3.63) is 15.6 Å². The number of carbonyl (C=O) groups is 1. The summed E-state index contributed by atoms with van der Waals surface area (Å²) >= 11 is 1.37. The van der Waals surface area contributed by atoms with Crippen molar-refractivity contribution in [3.63, 3.8) is 0 Å². The molecule has 0 aliphatic heterocycles. The summed E-state index contributed by atoms with van der Waals surface area (Å²) in [6.07, 6.45) is 5.18. The third-order valence-corrected chi connectivity index (χ3v) is 2.43. The first-order valence-corrected chi connectivity index (χ1v) is 4.53. The van der Waals surface area contributed by atoms with Gasteiger partial charge in [-0.2, -0.15) is 0 Å². The van der Waals surface area contributed by atoms with Gasteiger partial charge in [-0.3, -0.25) is 4.79 Å². The van der Waals surface area contributed by atoms with Gasteiger partial charge in [0.25, 0.3) is 5.91 Å². The number of rotatable bonds is 1. The molecule has 0 aliphatic rings. The summed E-state index contributed by atoms with van der Waals surface area (Å²) in [6, 6.07) is 0. The normalized spacial score (nSPS) is 9.38. The molecule has 0 saturated heterocycles. The summed E-state index contributed by atoms with van der Waals surface area (Å²) in [5.41, 5.74) is 0.461. The van der Waals surface area contributed by atoms with Crippen LogP contribution in [0.1, 0.15) is 20.4 Å². The van der Waals surface area contributed by atoms with Crippen molar-refractivity contribution in [2.75, 3.05) is 14.1 Å². The average Bonchev–Trinajstić information content (AvgIpc) is 2.45. The maximum absolute atomic E-state index is 11.5. The fourth-order valence-corrected chi connectivity index (χ4v) is 1.58. The van der Waals surface area contributed by atoms with Gasteiger partial charge < -0.3 is 4.90 Å². The Hall–Kier alpha value is -1.34. The van der Waals surface area contributed by atoms with Crippen LogP contribution in [-0.4, -0.2) is 29.9 Å². The number of hydrogen-bond donors (Lipinski definition) is 0. The SMILES string of the molecule is C#Cc1nc(C(=O)N(C)C)c(C)s1. The van der Waals surface area contributed by atoms with Crippen LogP contribution in [0.3, 0.4) is 0 Å². The molecule has 0 unspecified atom stereocenters. The van der Waals surface area contributed by atoms with Gasteiger partial charge in [-0.15, -0.1) is 17.8 Å². The van der Waals surface area contributed by atoms with E-state index in [1.165, 1.54) is 16.2 Å². The summed E-state index contributed by atoms with van der Waals surface area (Å²) in [4.78, 5) is 17.9. The highest BCUT2D eigenvalue weighted by Crippen LogP contribution is 2.17. The molecular weight excluding hydrogens is 184 g/mol. The first kappa shape index (κ1) is 9.75. The molecule has 1 aromatic heterocycles. The highest BCUT2D eigenvalue weighted by Gasteiger charge is 2.15. The molecule has 68 valence electrons. The van der Waals surface area contributed by atoms with Crippen LogP contribution in [0.5, 0.6) is 0 Å². The minimum absolute atomic E-state index is 0.102. The van der Waals surface area contributed by atoms with Crippen LogP contribution in [0.2, 0.25) is 0 Å². The van der Waals surface area contributed by atoms with Gasteiger partial charge in [-0.25, -0.2) is 4.98 Å². The fourth-order valence-electron chi connectivity index (χ4n) is 0.868. The van der Waals surface area contributed by atoms with Crippen LogP contribution in [-0.2, 0) is 0 Å². The van der Waals surface area contributed by atoms with Gasteiger partial charge in [0.2, 0.25) is 0 Å². The maximum Gasteiger partial charge on any atom is 0.273 e. The van der Waals surface area contributed by atoms with Gasteiger partial charge in [0.1, 0.15) is 5.69 Å². The zero-order valence-corrected chi connectivity index (χ0v) is 8.60. The number of carbonyl (C=O) groups excluding carboxylic acids is 1. The Kier molecular flexibility index (Phi) is 2.69. The second-order valence-corrected chi connectivity index (χ2v) is 3.97. The van der Waals surface area contributed by atoms with Crippen molar-refractivity contribution in [2.45, 2.75) is 6.92 Å². The molecule has 3 nitrogen and oxygen atoms in total. The average molecular weight is 194 g/mol. The summed E-state index contributed by atoms with van der Waals surface area (Å²) in [7, 11) is 3.38. The number of hydrogen-bond acceptors (Lipinski definition) is 3. The number of aryl methyl sites for hydroxylation is 1. The quantitative estimate of drug-likeness (QED) is 0.628. The second-order valence-electron chi connectivity index (χ2n) is 2.77. The van der Waals surface area contributed by atoms with E-state index in [4.69, 9.17) is 6.42 Å². The van der Waals surface area contributed by atoms with Crippen LogP contribution in [0.25, 0.3) is 0 Å². The Morgan fingerprint density at radius 2 is 2.23 bits per heavy atom. The molecule has 13 heavy (non-hydrogen) atoms. The van der Waals surface area contributed by atoms with E-state index < -0.39 is 0 Å². The van der Waals surface area contributed by atoms with Crippen LogP contribution >= 0.6 is 11.3 Å². The predicted octanol–water partition coefficient (Wildman–Crippen LogP) is 1.13. The van der Waals surface area contributed by atoms with Crippen LogP contribution < -0.4 is 0 Å². The third-order valence-electron chi connectivity index (χ3n) is 1.53. The van der Waals surface area contributed by atoms with Crippen LogP contribution in [0.15, 0.2) is 0 Å². The highest BCUT2D eigenvalue weighted by molar-refractivity contribution is 7.12. The topological polar surface area (TPSA) is 33.2 Å². The van der Waals surface area contributed by atoms with E-state index in [1.807, 2.05) is 6.92 Å². The zero-order chi connectivity index (χ0) is 10.0. The number of nitrogens with zero attached hydrogens (tertiary/aromatic N) is 2. The predicted molar refractivity (Wildman–Crippen MR) is 52.8 cm³/mol. The molecule has 0 N–H and O–H groups in total. The lowest BCUT2D eigenvalue weighted by molar-refractivity contribution is 0.0822. The van der Waals surface area contributed by atoms with E-state index in [2.05, 4.69) is 10.9 Å². The maximum atomic E-state index is 11.5. The molecular formula is C9H10N2OS. The number of amides is 1. The Morgan fingerprint density at radius 1 is 1.62 bits per heavy atom. The first-order chi connectivity index (χ1) is 6.06. The second kappa shape index (κ2) is 3.58. The van der Waals surface area contributed by atoms with Crippen molar-refractivity contribution in [1.29, 1.82) is 0 Å². The van der Waals surface area contributed by atoms with E-state index in [-0.39, 0.29) is 5.91 Å². The summed E-state index contributed by atoms with van der Waals surface area (Å²) in [5, 5.41) is 0.558. The van der Waals surface area contributed by atoms with Crippen molar-refractivity contribution >= 4 is 17.2 Å². The lowest BCUT2D eigenvalue weighted by Crippen LogP contribution is -2.22. The third kappa shape index (κ3) is 1.87. The minimum atomic E-state index is -0.102. The fraction of sp³-hybridized carbons (Fsp3) is 0.333. The molecule has 4 heteroatoms. The van der Waals surface area contributed by atoms with Gasteiger partial charge in [-0.1, -0.05) is 0 Å². The van der Waals surface area contributed by atoms with Gasteiger partial charge >= 0.3 is 0 Å². The molecule has 0 saturated carbocycles. The number of terminal acetylenes is 1. The van der Waals surface area contributed by atoms with Gasteiger partial charge in [-0.05, 0) is 12.8 Å². The Balaban J connectivity index is 3.09. The van der Waals surface area contributed by atoms with Crippen molar-refractivity contribution < 1.29 is 4.79 Å². The molecule has 0 fully saturated rings. The first-order valence-electron chi connectivity index (χ1n) is 3.72. The standard InChI is InChI=1S/C9H10N2OS/c1-5-7-10-8(6(2)13-7)9(12)11(3)4/h1H,2-4H3. The van der Waals surface area contributed by atoms with E-state index in [0.717, 1.165) is 4.88 Å². The van der Waals surface area contributed by atoms with Crippen LogP contribution in [0, 0.1) is 19.3 Å². The van der Waals surface area contributed by atoms with E-state index in [0.29, 0.717) is 10.7 Å². The molecule has 0 aromatic carbocycles. The Labute approximate surface area is 81.4 Å². The molecule has 0 radical (unpaired) electrons. The monoisotopic (exact) mass is 194 g/mol. The van der Waals surface area contributed by atoms with E-state index in [1.54, 1.807) is 14.1 Å². The summed E-state index contributed by atoms with van der Waals surface area (Å²) in [6.45, 7) is 1.84. The van der Waals surface area contributed by atoms with Crippen molar-refractivity contribution in [2.24, 2.45) is 0 Å². The number of aromatic nitrogens is 1. The van der Waals surface area contributed by atoms with E-state index in [9.17, 15) is 4.79 Å². The summed E-state index contributed by atoms with van der Waals surface area (Å²) in [5.74, 6) is 2.32. The van der Waals surface area contributed by atoms with E-state index >= 15 is 0 Å². The Bertz CT molecular complexity index is 373. The van der Waals surface area contributed by atoms with Gasteiger partial charge in [0, 0.05) is 19.0 Å². The van der Waals surface area contributed by atoms with Gasteiger partial charge in [0.05, 0.1) is 0 Å². The zero-order valence-electron chi connectivity index (χ0n) is 7.79.